The van der Waals surface area contributed by atoms with Crippen LogP contribution in [0, 0.1) is 6.92 Å². The molecule has 1 amide bonds. The van der Waals surface area contributed by atoms with Crippen LogP contribution in [0.15, 0.2) is 18.2 Å². The Labute approximate surface area is 88.9 Å². The quantitative estimate of drug-likeness (QED) is 0.628. The van der Waals surface area contributed by atoms with Gasteiger partial charge in [-0.1, -0.05) is 0 Å². The predicted octanol–water partition coefficient (Wildman–Crippen LogP) is 0.878. The highest BCUT2D eigenvalue weighted by Gasteiger charge is 2.21. The average molecular weight is 205 g/mol. The van der Waals surface area contributed by atoms with Gasteiger partial charge < -0.3 is 16.4 Å². The number of carbonyl (C=O) groups is 1. The van der Waals surface area contributed by atoms with Crippen LogP contribution in [0.4, 0.5) is 11.4 Å². The molecule has 15 heavy (non-hydrogen) atoms. The molecule has 1 aromatic carbocycles. The van der Waals surface area contributed by atoms with Crippen molar-refractivity contribution in [1.82, 2.24) is 5.32 Å². The van der Waals surface area contributed by atoms with Crippen molar-refractivity contribution < 1.29 is 4.79 Å². The van der Waals surface area contributed by atoms with Crippen LogP contribution in [-0.2, 0) is 4.79 Å². The lowest BCUT2D eigenvalue weighted by Crippen LogP contribution is -2.22. The lowest BCUT2D eigenvalue weighted by molar-refractivity contribution is -0.119. The summed E-state index contributed by atoms with van der Waals surface area (Å²) in [5.74, 6) is 0.112. The molecule has 0 aromatic heterocycles. The molecule has 1 aliphatic heterocycles. The maximum absolute atomic E-state index is 11.0. The highest BCUT2D eigenvalue weighted by Crippen LogP contribution is 2.19. The zero-order valence-electron chi connectivity index (χ0n) is 8.71. The minimum atomic E-state index is 0.112. The molecular weight excluding hydrogens is 190 g/mol. The first-order valence-corrected chi connectivity index (χ1v) is 5.04. The summed E-state index contributed by atoms with van der Waals surface area (Å²) in [7, 11) is 0. The molecule has 0 radical (unpaired) electrons. The Morgan fingerprint density at radius 2 is 2.33 bits per heavy atom. The van der Waals surface area contributed by atoms with Gasteiger partial charge in [-0.2, -0.15) is 0 Å². The molecule has 1 fully saturated rings. The highest BCUT2D eigenvalue weighted by molar-refractivity contribution is 5.79. The fourth-order valence-corrected chi connectivity index (χ4v) is 1.78. The highest BCUT2D eigenvalue weighted by atomic mass is 16.1. The molecule has 0 saturated carbocycles. The zero-order valence-corrected chi connectivity index (χ0v) is 8.71. The van der Waals surface area contributed by atoms with Gasteiger partial charge in [0.05, 0.1) is 6.04 Å². The number of hydrogen-bond acceptors (Lipinski definition) is 3. The number of anilines is 2. The lowest BCUT2D eigenvalue weighted by Gasteiger charge is -2.14. The fourth-order valence-electron chi connectivity index (χ4n) is 1.78. The van der Waals surface area contributed by atoms with Crippen molar-refractivity contribution in [3.8, 4) is 0 Å². The van der Waals surface area contributed by atoms with E-state index in [1.54, 1.807) is 0 Å². The summed E-state index contributed by atoms with van der Waals surface area (Å²) >= 11 is 0. The maximum atomic E-state index is 11.0. The Bertz CT molecular complexity index is 389. The molecule has 1 saturated heterocycles. The third-order valence-corrected chi connectivity index (χ3v) is 2.59. The molecule has 1 aromatic rings. The second kappa shape index (κ2) is 3.81. The molecule has 1 unspecified atom stereocenters. The van der Waals surface area contributed by atoms with Crippen LogP contribution >= 0.6 is 0 Å². The molecule has 80 valence electrons. The van der Waals surface area contributed by atoms with Gasteiger partial charge in [0.15, 0.2) is 0 Å². The Morgan fingerprint density at radius 1 is 1.53 bits per heavy atom. The van der Waals surface area contributed by atoms with Gasteiger partial charge in [0.2, 0.25) is 5.91 Å². The minimum absolute atomic E-state index is 0.112. The molecule has 0 aliphatic carbocycles. The lowest BCUT2D eigenvalue weighted by atomic mass is 10.1. The summed E-state index contributed by atoms with van der Waals surface area (Å²) < 4.78 is 0. The maximum Gasteiger partial charge on any atom is 0.222 e. The van der Waals surface area contributed by atoms with Crippen molar-refractivity contribution in [2.45, 2.75) is 19.4 Å². The van der Waals surface area contributed by atoms with E-state index in [2.05, 4.69) is 10.6 Å². The summed E-state index contributed by atoms with van der Waals surface area (Å²) in [6.45, 7) is 2.70. The van der Waals surface area contributed by atoms with Crippen LogP contribution in [0.25, 0.3) is 0 Å². The van der Waals surface area contributed by atoms with Gasteiger partial charge in [-0.25, -0.2) is 0 Å². The van der Waals surface area contributed by atoms with Gasteiger partial charge in [0.25, 0.3) is 0 Å². The first-order chi connectivity index (χ1) is 7.15. The van der Waals surface area contributed by atoms with Crippen molar-refractivity contribution in [3.63, 3.8) is 0 Å². The van der Waals surface area contributed by atoms with Gasteiger partial charge in [-0.3, -0.25) is 4.79 Å². The molecule has 0 bridgehead atoms. The second-order valence-corrected chi connectivity index (χ2v) is 3.92. The van der Waals surface area contributed by atoms with Crippen LogP contribution in [0.2, 0.25) is 0 Å². The van der Waals surface area contributed by atoms with Crippen molar-refractivity contribution in [3.05, 3.63) is 23.8 Å². The number of rotatable bonds is 2. The van der Waals surface area contributed by atoms with Crippen molar-refractivity contribution in [2.75, 3.05) is 17.6 Å². The van der Waals surface area contributed by atoms with E-state index in [1.165, 1.54) is 0 Å². The van der Waals surface area contributed by atoms with Crippen molar-refractivity contribution in [2.24, 2.45) is 0 Å². The first-order valence-electron chi connectivity index (χ1n) is 5.04. The monoisotopic (exact) mass is 205 g/mol. The summed E-state index contributed by atoms with van der Waals surface area (Å²) in [5.41, 5.74) is 8.58. The molecule has 1 atom stereocenters. The zero-order chi connectivity index (χ0) is 10.8. The third kappa shape index (κ3) is 2.21. The van der Waals surface area contributed by atoms with E-state index in [4.69, 9.17) is 5.73 Å². The van der Waals surface area contributed by atoms with Gasteiger partial charge in [-0.05, 0) is 30.7 Å². The number of hydrogen-bond donors (Lipinski definition) is 3. The van der Waals surface area contributed by atoms with E-state index in [0.29, 0.717) is 13.0 Å². The number of aryl methyl sites for hydroxylation is 1. The molecule has 1 aliphatic rings. The molecular formula is C11H15N3O. The molecule has 4 nitrogen and oxygen atoms in total. The van der Waals surface area contributed by atoms with Crippen molar-refractivity contribution >= 4 is 17.3 Å². The number of nitrogens with two attached hydrogens (primary N) is 1. The van der Waals surface area contributed by atoms with Gasteiger partial charge in [0, 0.05) is 24.3 Å². The number of amides is 1. The topological polar surface area (TPSA) is 67.2 Å². The predicted molar refractivity (Wildman–Crippen MR) is 60.6 cm³/mol. The summed E-state index contributed by atoms with van der Waals surface area (Å²) in [4.78, 5) is 11.0. The van der Waals surface area contributed by atoms with Crippen LogP contribution in [0.5, 0.6) is 0 Å². The Morgan fingerprint density at radius 3 is 2.93 bits per heavy atom. The third-order valence-electron chi connectivity index (χ3n) is 2.59. The largest absolute Gasteiger partial charge is 0.399 e. The van der Waals surface area contributed by atoms with Gasteiger partial charge in [0.1, 0.15) is 0 Å². The number of nitrogen functional groups attached to an aromatic ring is 1. The normalized spacial score (nSPS) is 20.1. The van der Waals surface area contributed by atoms with Crippen LogP contribution in [0.1, 0.15) is 12.0 Å². The molecule has 4 heteroatoms. The Balaban J connectivity index is 2.07. The molecule has 0 spiro atoms. The van der Waals surface area contributed by atoms with E-state index < -0.39 is 0 Å². The Hall–Kier alpha value is -1.71. The van der Waals surface area contributed by atoms with E-state index in [-0.39, 0.29) is 11.9 Å². The van der Waals surface area contributed by atoms with E-state index in [0.717, 1.165) is 16.9 Å². The summed E-state index contributed by atoms with van der Waals surface area (Å²) in [6, 6.07) is 5.93. The summed E-state index contributed by atoms with van der Waals surface area (Å²) in [6.07, 6.45) is 0.545. The molecule has 1 heterocycles. The van der Waals surface area contributed by atoms with Crippen LogP contribution in [-0.4, -0.2) is 18.5 Å². The standard InChI is InChI=1S/C11H15N3O/c1-7-4-8(12)2-3-10(7)14-9-5-11(15)13-6-9/h2-4,9,14H,5-6,12H2,1H3,(H,13,15). The second-order valence-electron chi connectivity index (χ2n) is 3.92. The number of benzene rings is 1. The van der Waals surface area contributed by atoms with Gasteiger partial charge in [-0.15, -0.1) is 0 Å². The average Bonchev–Trinajstić information content (AvgIpc) is 2.56. The number of carbonyl (C=O) groups excluding carboxylic acids is 1. The van der Waals surface area contributed by atoms with E-state index in [9.17, 15) is 4.79 Å². The minimum Gasteiger partial charge on any atom is -0.399 e. The van der Waals surface area contributed by atoms with Crippen LogP contribution in [0.3, 0.4) is 0 Å². The summed E-state index contributed by atoms with van der Waals surface area (Å²) in [5, 5.41) is 6.12. The van der Waals surface area contributed by atoms with E-state index >= 15 is 0 Å². The SMILES string of the molecule is Cc1cc(N)ccc1NC1CNC(=O)C1. The van der Waals surface area contributed by atoms with Crippen molar-refractivity contribution in [1.29, 1.82) is 0 Å². The smallest absolute Gasteiger partial charge is 0.222 e. The molecule has 4 N–H and O–H groups in total. The first kappa shape index (κ1) is 9.83. The molecule has 2 rings (SSSR count). The number of nitrogens with one attached hydrogen (secondary N) is 2. The Kier molecular flexibility index (Phi) is 2.49. The van der Waals surface area contributed by atoms with E-state index in [1.807, 2.05) is 25.1 Å². The van der Waals surface area contributed by atoms with Crippen LogP contribution < -0.4 is 16.4 Å². The van der Waals surface area contributed by atoms with Gasteiger partial charge >= 0.3 is 0 Å². The fraction of sp³-hybridized carbons (Fsp3) is 0.364.